The number of nitrogens with zero attached hydrogens (tertiary/aromatic N) is 2. The molecular formula is C29H37FN2O5. The van der Waals surface area contributed by atoms with E-state index >= 15 is 0 Å². The van der Waals surface area contributed by atoms with E-state index in [4.69, 9.17) is 14.2 Å². The van der Waals surface area contributed by atoms with Crippen LogP contribution in [-0.2, 0) is 20.7 Å². The summed E-state index contributed by atoms with van der Waals surface area (Å²) in [6.07, 6.45) is 4.92. The maximum absolute atomic E-state index is 14.0. The first kappa shape index (κ1) is 26.9. The Balaban J connectivity index is 1.49. The third-order valence-electron chi connectivity index (χ3n) is 7.04. The Morgan fingerprint density at radius 2 is 1.89 bits per heavy atom. The molecule has 0 N–H and O–H groups in total. The van der Waals surface area contributed by atoms with Crippen molar-refractivity contribution < 1.29 is 28.2 Å². The van der Waals surface area contributed by atoms with Crippen LogP contribution in [0.4, 0.5) is 4.39 Å². The zero-order chi connectivity index (χ0) is 26.1. The van der Waals surface area contributed by atoms with Gasteiger partial charge in [0.25, 0.3) is 11.8 Å². The van der Waals surface area contributed by atoms with Crippen LogP contribution in [0.2, 0.25) is 0 Å². The Morgan fingerprint density at radius 1 is 1.08 bits per heavy atom. The molecule has 1 fully saturated rings. The van der Waals surface area contributed by atoms with Crippen LogP contribution in [0.1, 0.15) is 44.6 Å². The van der Waals surface area contributed by atoms with Crippen LogP contribution < -0.4 is 9.47 Å². The maximum atomic E-state index is 14.0. The fourth-order valence-corrected chi connectivity index (χ4v) is 4.95. The molecule has 2 heterocycles. The number of fused-ring (bicyclic) bond motifs is 1. The summed E-state index contributed by atoms with van der Waals surface area (Å²) < 4.78 is 31.1. The summed E-state index contributed by atoms with van der Waals surface area (Å²) in [5.74, 6) is 0.647. The van der Waals surface area contributed by atoms with Crippen molar-refractivity contribution >= 4 is 11.8 Å². The molecule has 2 aromatic rings. The van der Waals surface area contributed by atoms with Gasteiger partial charge in [-0.1, -0.05) is 31.5 Å². The van der Waals surface area contributed by atoms with Gasteiger partial charge >= 0.3 is 0 Å². The molecule has 37 heavy (non-hydrogen) atoms. The van der Waals surface area contributed by atoms with Crippen LogP contribution in [0.3, 0.4) is 0 Å². The van der Waals surface area contributed by atoms with Crippen LogP contribution in [0.15, 0.2) is 48.5 Å². The third kappa shape index (κ3) is 7.01. The standard InChI is InChI=1S/C29H37FN2O5/c1-2-3-16-31-17-19-35-26-10-5-4-8-23(26)9-6-7-15-29(28(31)34)22-32(18-20-37-29)27(33)21-36-25-13-11-24(30)12-14-25/h4-5,8,10-14H,2-3,6-7,9,15-22H2,1H3. The van der Waals surface area contributed by atoms with E-state index in [-0.39, 0.29) is 37.4 Å². The van der Waals surface area contributed by atoms with Crippen molar-refractivity contribution in [3.05, 3.63) is 59.9 Å². The number of aryl methyl sites for hydroxylation is 1. The molecule has 2 aliphatic heterocycles. The van der Waals surface area contributed by atoms with Crippen molar-refractivity contribution in [3.63, 3.8) is 0 Å². The van der Waals surface area contributed by atoms with Crippen molar-refractivity contribution in [1.29, 1.82) is 0 Å². The Kier molecular flexibility index (Phi) is 9.39. The van der Waals surface area contributed by atoms with Crippen molar-refractivity contribution in [2.24, 2.45) is 0 Å². The molecule has 4 rings (SSSR count). The van der Waals surface area contributed by atoms with Gasteiger partial charge in [-0.25, -0.2) is 4.39 Å². The molecule has 200 valence electrons. The number of hydrogen-bond donors (Lipinski definition) is 0. The highest BCUT2D eigenvalue weighted by Gasteiger charge is 2.46. The molecule has 1 atom stereocenters. The molecule has 0 aliphatic carbocycles. The maximum Gasteiger partial charge on any atom is 0.260 e. The number of benzene rings is 2. The highest BCUT2D eigenvalue weighted by Crippen LogP contribution is 2.30. The van der Waals surface area contributed by atoms with Crippen LogP contribution in [0, 0.1) is 5.82 Å². The van der Waals surface area contributed by atoms with Crippen LogP contribution in [0.25, 0.3) is 0 Å². The minimum Gasteiger partial charge on any atom is -0.491 e. The summed E-state index contributed by atoms with van der Waals surface area (Å²) in [6, 6.07) is 13.6. The van der Waals surface area contributed by atoms with Gasteiger partial charge in [0, 0.05) is 13.1 Å². The Bertz CT molecular complexity index is 1050. The van der Waals surface area contributed by atoms with Crippen molar-refractivity contribution in [2.75, 3.05) is 46.0 Å². The van der Waals surface area contributed by atoms with Gasteiger partial charge in [0.15, 0.2) is 12.2 Å². The molecule has 0 aromatic heterocycles. The van der Waals surface area contributed by atoms with E-state index in [1.807, 2.05) is 23.1 Å². The lowest BCUT2D eigenvalue weighted by Crippen LogP contribution is -2.62. The van der Waals surface area contributed by atoms with Gasteiger partial charge in [-0.05, 0) is 68.0 Å². The van der Waals surface area contributed by atoms with Gasteiger partial charge in [-0.2, -0.15) is 0 Å². The molecular weight excluding hydrogens is 475 g/mol. The fraction of sp³-hybridized carbons (Fsp3) is 0.517. The number of amides is 2. The lowest BCUT2D eigenvalue weighted by Gasteiger charge is -2.44. The molecule has 7 nitrogen and oxygen atoms in total. The fourth-order valence-electron chi connectivity index (χ4n) is 4.95. The summed E-state index contributed by atoms with van der Waals surface area (Å²) in [5.41, 5.74) is 0.0823. The van der Waals surface area contributed by atoms with Crippen molar-refractivity contribution in [1.82, 2.24) is 9.80 Å². The molecule has 2 aromatic carbocycles. The topological polar surface area (TPSA) is 68.3 Å². The monoisotopic (exact) mass is 512 g/mol. The number of unbranched alkanes of at least 4 members (excludes halogenated alkanes) is 1. The molecule has 2 amide bonds. The van der Waals surface area contributed by atoms with Gasteiger partial charge in [-0.15, -0.1) is 0 Å². The normalized spacial score (nSPS) is 21.0. The molecule has 1 unspecified atom stereocenters. The van der Waals surface area contributed by atoms with E-state index in [1.165, 1.54) is 29.8 Å². The van der Waals surface area contributed by atoms with Gasteiger partial charge in [0.05, 0.1) is 19.7 Å². The SMILES string of the molecule is CCCCN1CCOc2ccccc2CCCCC2(CN(C(=O)COc3ccc(F)cc3)CCO2)C1=O. The predicted octanol–water partition coefficient (Wildman–Crippen LogP) is 4.24. The second-order valence-corrected chi connectivity index (χ2v) is 9.71. The summed E-state index contributed by atoms with van der Waals surface area (Å²) in [5, 5.41) is 0. The van der Waals surface area contributed by atoms with E-state index in [9.17, 15) is 14.0 Å². The minimum absolute atomic E-state index is 0.0737. The molecule has 2 aliphatic rings. The van der Waals surface area contributed by atoms with Gasteiger partial charge in [0.2, 0.25) is 0 Å². The predicted molar refractivity (Wildman–Crippen MR) is 138 cm³/mol. The number of ether oxygens (including phenoxy) is 3. The number of hydrogen-bond acceptors (Lipinski definition) is 5. The summed E-state index contributed by atoms with van der Waals surface area (Å²) in [7, 11) is 0. The van der Waals surface area contributed by atoms with Crippen LogP contribution in [-0.4, -0.2) is 73.2 Å². The molecule has 0 radical (unpaired) electrons. The third-order valence-corrected chi connectivity index (χ3v) is 7.04. The molecule has 0 bridgehead atoms. The quantitative estimate of drug-likeness (QED) is 0.579. The molecule has 8 heteroatoms. The number of rotatable bonds is 6. The van der Waals surface area contributed by atoms with Gasteiger partial charge < -0.3 is 24.0 Å². The average molecular weight is 513 g/mol. The first-order valence-corrected chi connectivity index (χ1v) is 13.3. The van der Waals surface area contributed by atoms with E-state index in [1.54, 1.807) is 4.90 Å². The number of para-hydroxylation sites is 1. The minimum atomic E-state index is -1.09. The van der Waals surface area contributed by atoms with Gasteiger partial charge in [-0.3, -0.25) is 9.59 Å². The Morgan fingerprint density at radius 3 is 2.70 bits per heavy atom. The van der Waals surface area contributed by atoms with E-state index in [0.29, 0.717) is 38.4 Å². The smallest absolute Gasteiger partial charge is 0.260 e. The van der Waals surface area contributed by atoms with E-state index < -0.39 is 5.60 Å². The summed E-state index contributed by atoms with van der Waals surface area (Å²) >= 11 is 0. The van der Waals surface area contributed by atoms with Crippen LogP contribution in [0.5, 0.6) is 11.5 Å². The van der Waals surface area contributed by atoms with Gasteiger partial charge in [0.1, 0.15) is 23.9 Å². The largest absolute Gasteiger partial charge is 0.491 e. The Labute approximate surface area is 218 Å². The number of morpholine rings is 1. The second-order valence-electron chi connectivity index (χ2n) is 9.71. The second kappa shape index (κ2) is 12.9. The number of carbonyl (C=O) groups excluding carboxylic acids is 2. The summed E-state index contributed by atoms with van der Waals surface area (Å²) in [4.78, 5) is 30.6. The molecule has 1 spiro atoms. The zero-order valence-electron chi connectivity index (χ0n) is 21.6. The van der Waals surface area contributed by atoms with Crippen molar-refractivity contribution in [2.45, 2.75) is 51.0 Å². The Hall–Kier alpha value is -3.13. The molecule has 0 saturated carbocycles. The number of carbonyl (C=O) groups is 2. The highest BCUT2D eigenvalue weighted by atomic mass is 19.1. The van der Waals surface area contributed by atoms with Crippen LogP contribution >= 0.6 is 0 Å². The lowest BCUT2D eigenvalue weighted by atomic mass is 9.90. The molecule has 1 saturated heterocycles. The summed E-state index contributed by atoms with van der Waals surface area (Å²) in [6.45, 7) is 4.27. The number of halogens is 1. The van der Waals surface area contributed by atoms with E-state index in [2.05, 4.69) is 13.0 Å². The zero-order valence-corrected chi connectivity index (χ0v) is 21.6. The highest BCUT2D eigenvalue weighted by molar-refractivity contribution is 5.87. The van der Waals surface area contributed by atoms with E-state index in [0.717, 1.165) is 37.9 Å². The van der Waals surface area contributed by atoms with Crippen molar-refractivity contribution in [3.8, 4) is 11.5 Å². The average Bonchev–Trinajstić information content (AvgIpc) is 2.92. The lowest BCUT2D eigenvalue weighted by molar-refractivity contribution is -0.177. The first-order chi connectivity index (χ1) is 18.0. The first-order valence-electron chi connectivity index (χ1n) is 13.3.